The molecule has 3 heteroatoms. The van der Waals surface area contributed by atoms with E-state index >= 15 is 0 Å². The summed E-state index contributed by atoms with van der Waals surface area (Å²) in [7, 11) is 0. The van der Waals surface area contributed by atoms with Gasteiger partial charge in [-0.05, 0) is 47.7 Å². The number of aliphatic hydroxyl groups excluding tert-OH is 1. The minimum Gasteiger partial charge on any atom is -0.493 e. The highest BCUT2D eigenvalue weighted by molar-refractivity contribution is 5.63. The van der Waals surface area contributed by atoms with Crippen LogP contribution < -0.4 is 4.74 Å². The normalized spacial score (nSPS) is 11.9. The zero-order chi connectivity index (χ0) is 17.3. The van der Waals surface area contributed by atoms with Crippen LogP contribution in [0.15, 0.2) is 79.1 Å². The number of hydrogen-bond acceptors (Lipinski definition) is 3. The topological polar surface area (TPSA) is 42.4 Å². The predicted molar refractivity (Wildman–Crippen MR) is 101 cm³/mol. The molecule has 25 heavy (non-hydrogen) atoms. The Labute approximate surface area is 148 Å². The minimum atomic E-state index is -0.358. The minimum absolute atomic E-state index is 0.358. The lowest BCUT2D eigenvalue weighted by atomic mass is 10.1. The van der Waals surface area contributed by atoms with Gasteiger partial charge in [0.25, 0.3) is 0 Å². The van der Waals surface area contributed by atoms with Gasteiger partial charge in [-0.15, -0.1) is 0 Å². The first-order valence-corrected chi connectivity index (χ1v) is 8.66. The smallest absolute Gasteiger partial charge is 0.119 e. The second-order valence-electron chi connectivity index (χ2n) is 6.08. The van der Waals surface area contributed by atoms with Gasteiger partial charge in [0, 0.05) is 18.8 Å². The van der Waals surface area contributed by atoms with Gasteiger partial charge < -0.3 is 9.84 Å². The lowest BCUT2D eigenvalue weighted by Crippen LogP contribution is -2.13. The van der Waals surface area contributed by atoms with E-state index in [0.29, 0.717) is 13.0 Å². The van der Waals surface area contributed by atoms with Crippen molar-refractivity contribution in [1.82, 2.24) is 4.98 Å². The molecule has 0 aliphatic carbocycles. The van der Waals surface area contributed by atoms with Crippen molar-refractivity contribution in [2.45, 2.75) is 25.4 Å². The molecule has 0 saturated carbocycles. The van der Waals surface area contributed by atoms with Crippen molar-refractivity contribution >= 4 is 0 Å². The molecule has 0 aliphatic rings. The van der Waals surface area contributed by atoms with Crippen LogP contribution in [0.25, 0.3) is 11.1 Å². The molecule has 3 nitrogen and oxygen atoms in total. The third kappa shape index (κ3) is 5.44. The largest absolute Gasteiger partial charge is 0.493 e. The molecule has 3 rings (SSSR count). The lowest BCUT2D eigenvalue weighted by Gasteiger charge is -2.12. The van der Waals surface area contributed by atoms with E-state index < -0.39 is 0 Å². The fourth-order valence-corrected chi connectivity index (χ4v) is 2.71. The second kappa shape index (κ2) is 9.00. The fraction of sp³-hybridized carbons (Fsp3) is 0.227. The van der Waals surface area contributed by atoms with Crippen LogP contribution in [0.5, 0.6) is 5.75 Å². The van der Waals surface area contributed by atoms with Gasteiger partial charge >= 0.3 is 0 Å². The quantitative estimate of drug-likeness (QED) is 0.659. The highest BCUT2D eigenvalue weighted by Gasteiger charge is 2.06. The zero-order valence-electron chi connectivity index (χ0n) is 14.2. The number of aromatic nitrogens is 1. The summed E-state index contributed by atoms with van der Waals surface area (Å²) >= 11 is 0. The molecular weight excluding hydrogens is 310 g/mol. The summed E-state index contributed by atoms with van der Waals surface area (Å²) in [5.74, 6) is 0.833. The summed E-state index contributed by atoms with van der Waals surface area (Å²) in [5, 5.41) is 10.1. The van der Waals surface area contributed by atoms with Crippen LogP contribution in [0.4, 0.5) is 0 Å². The van der Waals surface area contributed by atoms with E-state index in [9.17, 15) is 5.11 Å². The van der Waals surface area contributed by atoms with Crippen LogP contribution in [0, 0.1) is 0 Å². The molecule has 1 aromatic heterocycles. The van der Waals surface area contributed by atoms with E-state index in [1.165, 1.54) is 11.1 Å². The van der Waals surface area contributed by atoms with Crippen molar-refractivity contribution in [1.29, 1.82) is 0 Å². The SMILES string of the molecule is OC(CCOc1ccc(-c2ccccc2)cc1)CCc1cccnc1. The van der Waals surface area contributed by atoms with Crippen LogP contribution in [-0.4, -0.2) is 22.8 Å². The number of nitrogens with zero attached hydrogens (tertiary/aromatic N) is 1. The predicted octanol–water partition coefficient (Wildman–Crippen LogP) is 4.51. The number of aryl methyl sites for hydroxylation is 1. The number of ether oxygens (including phenoxy) is 1. The van der Waals surface area contributed by atoms with Crippen molar-refractivity contribution in [2.75, 3.05) is 6.61 Å². The average Bonchev–Trinajstić information content (AvgIpc) is 2.68. The van der Waals surface area contributed by atoms with E-state index in [4.69, 9.17) is 4.74 Å². The van der Waals surface area contributed by atoms with Crippen molar-refractivity contribution < 1.29 is 9.84 Å². The van der Waals surface area contributed by atoms with Crippen molar-refractivity contribution in [2.24, 2.45) is 0 Å². The second-order valence-corrected chi connectivity index (χ2v) is 6.08. The molecule has 0 saturated heterocycles. The van der Waals surface area contributed by atoms with Gasteiger partial charge in [-0.1, -0.05) is 48.5 Å². The third-order valence-electron chi connectivity index (χ3n) is 4.17. The Bertz CT molecular complexity index is 742. The highest BCUT2D eigenvalue weighted by Crippen LogP contribution is 2.22. The Kier molecular flexibility index (Phi) is 6.18. The van der Waals surface area contributed by atoms with Gasteiger partial charge in [0.05, 0.1) is 12.7 Å². The summed E-state index contributed by atoms with van der Waals surface area (Å²) in [5.41, 5.74) is 3.52. The van der Waals surface area contributed by atoms with Crippen LogP contribution in [0.2, 0.25) is 0 Å². The van der Waals surface area contributed by atoms with E-state index in [1.54, 1.807) is 6.20 Å². The van der Waals surface area contributed by atoms with E-state index in [1.807, 2.05) is 48.7 Å². The van der Waals surface area contributed by atoms with Crippen LogP contribution in [-0.2, 0) is 6.42 Å². The highest BCUT2D eigenvalue weighted by atomic mass is 16.5. The molecule has 2 aromatic carbocycles. The Morgan fingerprint density at radius 1 is 0.840 bits per heavy atom. The summed E-state index contributed by atoms with van der Waals surface area (Å²) in [4.78, 5) is 4.09. The fourth-order valence-electron chi connectivity index (χ4n) is 2.71. The molecule has 0 amide bonds. The molecule has 0 spiro atoms. The van der Waals surface area contributed by atoms with Crippen LogP contribution in [0.3, 0.4) is 0 Å². The Hall–Kier alpha value is -2.65. The van der Waals surface area contributed by atoms with Gasteiger partial charge in [-0.3, -0.25) is 4.98 Å². The van der Waals surface area contributed by atoms with Gasteiger partial charge in [0.2, 0.25) is 0 Å². The molecule has 1 unspecified atom stereocenters. The number of hydrogen-bond donors (Lipinski definition) is 1. The Morgan fingerprint density at radius 3 is 2.32 bits per heavy atom. The third-order valence-corrected chi connectivity index (χ3v) is 4.17. The van der Waals surface area contributed by atoms with Crippen molar-refractivity contribution in [3.63, 3.8) is 0 Å². The standard InChI is InChI=1S/C22H23NO2/c24-21(11-8-18-5-4-15-23-17-18)14-16-25-22-12-9-20(10-13-22)19-6-2-1-3-7-19/h1-7,9-10,12-13,15,17,21,24H,8,11,14,16H2. The maximum Gasteiger partial charge on any atom is 0.119 e. The molecule has 0 aliphatic heterocycles. The summed E-state index contributed by atoms with van der Waals surface area (Å²) in [6.07, 6.45) is 5.43. The maximum atomic E-state index is 10.1. The molecule has 0 fully saturated rings. The molecule has 1 heterocycles. The molecular formula is C22H23NO2. The molecule has 3 aromatic rings. The number of aliphatic hydroxyl groups is 1. The summed E-state index contributed by atoms with van der Waals surface area (Å²) < 4.78 is 5.75. The van der Waals surface area contributed by atoms with Crippen molar-refractivity contribution in [3.8, 4) is 16.9 Å². The van der Waals surface area contributed by atoms with Gasteiger partial charge in [-0.25, -0.2) is 0 Å². The van der Waals surface area contributed by atoms with E-state index in [2.05, 4.69) is 29.2 Å². The van der Waals surface area contributed by atoms with E-state index in [-0.39, 0.29) is 6.10 Å². The van der Waals surface area contributed by atoms with Gasteiger partial charge in [0.1, 0.15) is 5.75 Å². The monoisotopic (exact) mass is 333 g/mol. The number of rotatable bonds is 8. The first-order chi connectivity index (χ1) is 12.3. The van der Waals surface area contributed by atoms with Gasteiger partial charge in [0.15, 0.2) is 0 Å². The Balaban J connectivity index is 1.41. The molecule has 1 atom stereocenters. The van der Waals surface area contributed by atoms with Gasteiger partial charge in [-0.2, -0.15) is 0 Å². The summed E-state index contributed by atoms with van der Waals surface area (Å²) in [6, 6.07) is 22.3. The van der Waals surface area contributed by atoms with Crippen molar-refractivity contribution in [3.05, 3.63) is 84.7 Å². The molecule has 128 valence electrons. The summed E-state index contributed by atoms with van der Waals surface area (Å²) in [6.45, 7) is 0.513. The molecule has 0 bridgehead atoms. The number of pyridine rings is 1. The first kappa shape index (κ1) is 17.2. The maximum absolute atomic E-state index is 10.1. The molecule has 1 N–H and O–H groups in total. The number of benzene rings is 2. The zero-order valence-corrected chi connectivity index (χ0v) is 14.2. The first-order valence-electron chi connectivity index (χ1n) is 8.66. The molecule has 0 radical (unpaired) electrons. The van der Waals surface area contributed by atoms with E-state index in [0.717, 1.165) is 24.2 Å². The van der Waals surface area contributed by atoms with Crippen LogP contribution >= 0.6 is 0 Å². The average molecular weight is 333 g/mol. The Morgan fingerprint density at radius 2 is 1.60 bits per heavy atom. The lowest BCUT2D eigenvalue weighted by molar-refractivity contribution is 0.131. The van der Waals surface area contributed by atoms with Crippen LogP contribution in [0.1, 0.15) is 18.4 Å².